The second kappa shape index (κ2) is 11.0. The second-order valence-corrected chi connectivity index (χ2v) is 13.6. The number of furan rings is 1. The fourth-order valence-electron chi connectivity index (χ4n) is 8.68. The molecule has 0 bridgehead atoms. The second-order valence-electron chi connectivity index (χ2n) is 13.6. The lowest BCUT2D eigenvalue weighted by atomic mass is 9.83. The van der Waals surface area contributed by atoms with Gasteiger partial charge >= 0.3 is 0 Å². The Balaban J connectivity index is 1.09. The van der Waals surface area contributed by atoms with Gasteiger partial charge in [0.1, 0.15) is 11.3 Å². The first-order valence-corrected chi connectivity index (χ1v) is 17.7. The lowest BCUT2D eigenvalue weighted by Gasteiger charge is -2.23. The summed E-state index contributed by atoms with van der Waals surface area (Å²) < 4.78 is 11.2. The van der Waals surface area contributed by atoms with Gasteiger partial charge in [0.25, 0.3) is 0 Å². The summed E-state index contributed by atoms with van der Waals surface area (Å²) >= 11 is 0. The highest BCUT2D eigenvalue weighted by molar-refractivity contribution is 6.12. The molecule has 3 heterocycles. The monoisotopic (exact) mass is 652 g/mol. The molecule has 11 rings (SSSR count). The predicted octanol–water partition coefficient (Wildman–Crippen LogP) is 12.8. The van der Waals surface area contributed by atoms with Crippen LogP contribution in [0.4, 0.5) is 0 Å². The summed E-state index contributed by atoms with van der Waals surface area (Å²) in [7, 11) is 0. The van der Waals surface area contributed by atoms with Crippen LogP contribution < -0.4 is 0 Å². The van der Waals surface area contributed by atoms with E-state index in [0.717, 1.165) is 17.8 Å². The molecule has 1 unspecified atom stereocenters. The summed E-state index contributed by atoms with van der Waals surface area (Å²) in [4.78, 5) is 0. The lowest BCUT2D eigenvalue weighted by Crippen LogP contribution is -2.09. The first kappa shape index (κ1) is 28.3. The Morgan fingerprint density at radius 1 is 0.471 bits per heavy atom. The van der Waals surface area contributed by atoms with Crippen LogP contribution in [-0.2, 0) is 0 Å². The van der Waals surface area contributed by atoms with Crippen molar-refractivity contribution in [2.75, 3.05) is 0 Å². The van der Waals surface area contributed by atoms with Gasteiger partial charge in [-0.3, -0.25) is 0 Å². The summed E-state index contributed by atoms with van der Waals surface area (Å²) in [6.07, 6.45) is 5.34. The van der Waals surface area contributed by atoms with Crippen molar-refractivity contribution in [3.05, 3.63) is 187 Å². The van der Waals surface area contributed by atoms with E-state index in [1.54, 1.807) is 0 Å². The highest BCUT2D eigenvalue weighted by atomic mass is 16.3. The summed E-state index contributed by atoms with van der Waals surface area (Å²) in [5, 5.41) is 6.23. The van der Waals surface area contributed by atoms with Gasteiger partial charge in [0.05, 0.1) is 22.1 Å². The fourth-order valence-corrected chi connectivity index (χ4v) is 8.68. The van der Waals surface area contributed by atoms with Crippen LogP contribution in [0.5, 0.6) is 0 Å². The van der Waals surface area contributed by atoms with Crippen LogP contribution in [0, 0.1) is 0 Å². The Kier molecular flexibility index (Phi) is 6.08. The van der Waals surface area contributed by atoms with Gasteiger partial charge in [-0.1, -0.05) is 109 Å². The van der Waals surface area contributed by atoms with Crippen molar-refractivity contribution in [2.24, 2.45) is 0 Å². The summed E-state index contributed by atoms with van der Waals surface area (Å²) in [5.74, 6) is 1.16. The maximum absolute atomic E-state index is 6.35. The molecule has 0 aliphatic heterocycles. The number of hydrogen-bond acceptors (Lipinski definition) is 1. The molecule has 1 aliphatic carbocycles. The fraction of sp³-hybridized carbons (Fsp3) is 0.0417. The number of hydrogen-bond donors (Lipinski definition) is 0. The third-order valence-corrected chi connectivity index (χ3v) is 10.9. The molecule has 0 radical (unpaired) electrons. The average Bonchev–Trinajstić information content (AvgIpc) is 3.85. The normalized spacial score (nSPS) is 14.3. The van der Waals surface area contributed by atoms with Crippen molar-refractivity contribution in [1.82, 2.24) is 9.13 Å². The number of fused-ring (bicyclic) bond motifs is 9. The highest BCUT2D eigenvalue weighted by Gasteiger charge is 2.28. The van der Waals surface area contributed by atoms with Gasteiger partial charge < -0.3 is 13.6 Å². The Morgan fingerprint density at radius 3 is 1.78 bits per heavy atom. The Bertz CT molecular complexity index is 3010. The van der Waals surface area contributed by atoms with E-state index in [1.807, 2.05) is 0 Å². The SMILES string of the molecule is C1=Cc2oc3ccccc3c2C(c2ccccc2-n2c3ccccc3c3cc(-c4ccc5c(c4)c4ccccc4n5-c4ccccc4)ccc32)C1. The molecule has 51 heavy (non-hydrogen) atoms. The summed E-state index contributed by atoms with van der Waals surface area (Å²) in [6.45, 7) is 0. The van der Waals surface area contributed by atoms with E-state index in [1.165, 1.54) is 82.6 Å². The van der Waals surface area contributed by atoms with Crippen LogP contribution in [0.25, 0.3) is 83.2 Å². The van der Waals surface area contributed by atoms with Crippen molar-refractivity contribution in [1.29, 1.82) is 0 Å². The maximum Gasteiger partial charge on any atom is 0.135 e. The lowest BCUT2D eigenvalue weighted by molar-refractivity contribution is 0.589. The third kappa shape index (κ3) is 4.18. The van der Waals surface area contributed by atoms with Gasteiger partial charge in [-0.2, -0.15) is 0 Å². The van der Waals surface area contributed by atoms with Crippen molar-refractivity contribution >= 4 is 60.7 Å². The van der Waals surface area contributed by atoms with Crippen LogP contribution >= 0.6 is 0 Å². The van der Waals surface area contributed by atoms with E-state index in [2.05, 4.69) is 185 Å². The average molecular weight is 653 g/mol. The van der Waals surface area contributed by atoms with E-state index >= 15 is 0 Å². The minimum Gasteiger partial charge on any atom is -0.456 e. The van der Waals surface area contributed by atoms with Crippen molar-refractivity contribution in [2.45, 2.75) is 12.3 Å². The standard InChI is InChI=1S/C48H32N2O/c1-2-13-33(14-3-1)49-41-20-8-5-16-35(41)39-29-31(25-27-44(39)49)32-26-28-45-40(30-32)36-17-6-10-22-43(36)50(45)42-21-9-4-15-34(42)37-19-12-24-47-48(37)38-18-7-11-23-46(38)51-47/h1-18,20-30,37H,19H2. The molecule has 240 valence electrons. The van der Waals surface area contributed by atoms with Gasteiger partial charge in [-0.15, -0.1) is 0 Å². The zero-order valence-electron chi connectivity index (χ0n) is 27.8. The van der Waals surface area contributed by atoms with Crippen LogP contribution in [0.2, 0.25) is 0 Å². The van der Waals surface area contributed by atoms with Gasteiger partial charge in [0.2, 0.25) is 0 Å². The molecule has 10 aromatic rings. The predicted molar refractivity (Wildman–Crippen MR) is 212 cm³/mol. The van der Waals surface area contributed by atoms with E-state index in [0.29, 0.717) is 0 Å². The molecule has 0 N–H and O–H groups in total. The summed E-state index contributed by atoms with van der Waals surface area (Å²) in [6, 6.07) is 59.5. The van der Waals surface area contributed by atoms with Gasteiger partial charge in [0.15, 0.2) is 0 Å². The number of nitrogens with zero attached hydrogens (tertiary/aromatic N) is 2. The third-order valence-electron chi connectivity index (χ3n) is 10.9. The molecule has 1 aliphatic rings. The van der Waals surface area contributed by atoms with Crippen molar-refractivity contribution in [3.63, 3.8) is 0 Å². The number of rotatable bonds is 4. The molecule has 3 aromatic heterocycles. The number of benzene rings is 7. The topological polar surface area (TPSA) is 23.0 Å². The molecule has 0 saturated heterocycles. The smallest absolute Gasteiger partial charge is 0.135 e. The Labute approximate surface area is 294 Å². The molecule has 3 nitrogen and oxygen atoms in total. The Hall–Kier alpha value is -6.58. The first-order chi connectivity index (χ1) is 25.3. The van der Waals surface area contributed by atoms with Gasteiger partial charge in [-0.05, 0) is 89.9 Å². The van der Waals surface area contributed by atoms with Crippen LogP contribution in [-0.4, -0.2) is 9.13 Å². The molecule has 0 saturated carbocycles. The molecule has 7 aromatic carbocycles. The van der Waals surface area contributed by atoms with E-state index in [-0.39, 0.29) is 5.92 Å². The van der Waals surface area contributed by atoms with Crippen LogP contribution in [0.1, 0.15) is 29.2 Å². The largest absolute Gasteiger partial charge is 0.456 e. The van der Waals surface area contributed by atoms with E-state index in [4.69, 9.17) is 4.42 Å². The van der Waals surface area contributed by atoms with Crippen molar-refractivity contribution < 1.29 is 4.42 Å². The highest BCUT2D eigenvalue weighted by Crippen LogP contribution is 2.45. The zero-order chi connectivity index (χ0) is 33.5. The quantitative estimate of drug-likeness (QED) is 0.186. The van der Waals surface area contributed by atoms with Crippen LogP contribution in [0.3, 0.4) is 0 Å². The molecule has 3 heteroatoms. The molecule has 1 atom stereocenters. The van der Waals surface area contributed by atoms with Gasteiger partial charge in [-0.25, -0.2) is 0 Å². The molecular weight excluding hydrogens is 621 g/mol. The van der Waals surface area contributed by atoms with E-state index in [9.17, 15) is 0 Å². The van der Waals surface area contributed by atoms with Crippen molar-refractivity contribution in [3.8, 4) is 22.5 Å². The minimum absolute atomic E-state index is 0.185. The molecular formula is C48H32N2O. The zero-order valence-corrected chi connectivity index (χ0v) is 27.8. The number of aromatic nitrogens is 2. The van der Waals surface area contributed by atoms with Gasteiger partial charge in [0, 0.05) is 49.8 Å². The number of para-hydroxylation sites is 5. The summed E-state index contributed by atoms with van der Waals surface area (Å²) in [5.41, 5.74) is 13.2. The minimum atomic E-state index is 0.185. The molecule has 0 spiro atoms. The Morgan fingerprint density at radius 2 is 1.04 bits per heavy atom. The maximum atomic E-state index is 6.35. The molecule has 0 amide bonds. The number of allylic oxidation sites excluding steroid dienone is 1. The van der Waals surface area contributed by atoms with E-state index < -0.39 is 0 Å². The first-order valence-electron chi connectivity index (χ1n) is 17.7. The molecule has 0 fully saturated rings. The van der Waals surface area contributed by atoms with Crippen LogP contribution in [0.15, 0.2) is 174 Å².